The normalized spacial score (nSPS) is 14.5. The Morgan fingerprint density at radius 1 is 1.24 bits per heavy atom. The van der Waals surface area contributed by atoms with Crippen molar-refractivity contribution in [2.24, 2.45) is 0 Å². The van der Waals surface area contributed by atoms with Crippen LogP contribution in [0.15, 0.2) is 43.0 Å². The van der Waals surface area contributed by atoms with Crippen LogP contribution in [0.2, 0.25) is 0 Å². The van der Waals surface area contributed by atoms with Crippen LogP contribution >= 0.6 is 0 Å². The summed E-state index contributed by atoms with van der Waals surface area (Å²) in [5.41, 5.74) is 2.50. The zero-order chi connectivity index (χ0) is 20.8. The Morgan fingerprint density at radius 3 is 2.79 bits per heavy atom. The van der Waals surface area contributed by atoms with Gasteiger partial charge in [0.1, 0.15) is 24.2 Å². The topological polar surface area (TPSA) is 66.0 Å². The minimum Gasteiger partial charge on any atom is -0.494 e. The number of carbonyl (C=O) groups excluding carboxylic acids is 1. The highest BCUT2D eigenvalue weighted by molar-refractivity contribution is 5.94. The highest BCUT2D eigenvalue weighted by Crippen LogP contribution is 2.35. The van der Waals surface area contributed by atoms with Crippen molar-refractivity contribution in [2.45, 2.75) is 32.9 Å². The summed E-state index contributed by atoms with van der Waals surface area (Å²) in [4.78, 5) is 12.7. The lowest BCUT2D eigenvalue weighted by molar-refractivity contribution is 0.0950. The van der Waals surface area contributed by atoms with Crippen LogP contribution < -0.4 is 24.3 Å². The van der Waals surface area contributed by atoms with Gasteiger partial charge in [0, 0.05) is 29.7 Å². The first-order valence-electron chi connectivity index (χ1n) is 9.70. The third-order valence-electron chi connectivity index (χ3n) is 4.60. The molecule has 0 saturated carbocycles. The maximum Gasteiger partial charge on any atom is 0.251 e. The Kier molecular flexibility index (Phi) is 6.65. The highest BCUT2D eigenvalue weighted by atomic mass is 16.5. The summed E-state index contributed by atoms with van der Waals surface area (Å²) in [6, 6.07) is 9.04. The second-order valence-corrected chi connectivity index (χ2v) is 6.78. The van der Waals surface area contributed by atoms with Crippen LogP contribution in [0.5, 0.6) is 23.0 Å². The quantitative estimate of drug-likeness (QED) is 0.650. The van der Waals surface area contributed by atoms with Gasteiger partial charge in [0.2, 0.25) is 0 Å². The maximum absolute atomic E-state index is 12.7. The molecule has 0 aromatic heterocycles. The molecule has 154 valence electrons. The molecule has 1 atom stereocenters. The molecule has 1 aliphatic heterocycles. The van der Waals surface area contributed by atoms with Crippen LogP contribution in [0.1, 0.15) is 35.3 Å². The van der Waals surface area contributed by atoms with Gasteiger partial charge in [-0.25, -0.2) is 0 Å². The Bertz CT molecular complexity index is 893. The summed E-state index contributed by atoms with van der Waals surface area (Å²) in [7, 11) is 1.54. The molecule has 1 aliphatic rings. The van der Waals surface area contributed by atoms with E-state index in [1.165, 1.54) is 7.11 Å². The number of hydrogen-bond donors (Lipinski definition) is 1. The molecule has 0 aliphatic carbocycles. The predicted molar refractivity (Wildman–Crippen MR) is 111 cm³/mol. The average Bonchev–Trinajstić information content (AvgIpc) is 3.09. The fourth-order valence-corrected chi connectivity index (χ4v) is 3.26. The van der Waals surface area contributed by atoms with E-state index in [2.05, 4.69) is 11.9 Å². The molecular formula is C23H27NO5. The first-order valence-corrected chi connectivity index (χ1v) is 9.70. The van der Waals surface area contributed by atoms with Gasteiger partial charge in [0.15, 0.2) is 11.5 Å². The molecule has 2 aromatic carbocycles. The van der Waals surface area contributed by atoms with E-state index in [0.29, 0.717) is 36.8 Å². The average molecular weight is 397 g/mol. The zero-order valence-electron chi connectivity index (χ0n) is 17.1. The van der Waals surface area contributed by atoms with Crippen molar-refractivity contribution in [1.82, 2.24) is 5.32 Å². The summed E-state index contributed by atoms with van der Waals surface area (Å²) >= 11 is 0. The van der Waals surface area contributed by atoms with Crippen molar-refractivity contribution in [3.05, 3.63) is 59.7 Å². The van der Waals surface area contributed by atoms with E-state index in [0.717, 1.165) is 29.0 Å². The Labute approximate surface area is 171 Å². The molecule has 2 aromatic rings. The standard InChI is InChI=1S/C23H27NO5/c1-5-9-28-19-8-7-16(11-22(19)26-4)23(25)24-14-18-13-21-17(10-15(3)29-21)12-20(18)27-6-2/h5,7-8,11-13,15H,1,6,9-10,14H2,2-4H3,(H,24,25). The van der Waals surface area contributed by atoms with Crippen molar-refractivity contribution in [2.75, 3.05) is 20.3 Å². The van der Waals surface area contributed by atoms with Gasteiger partial charge in [-0.15, -0.1) is 0 Å². The molecule has 0 radical (unpaired) electrons. The number of methoxy groups -OCH3 is 1. The summed E-state index contributed by atoms with van der Waals surface area (Å²) < 4.78 is 22.5. The van der Waals surface area contributed by atoms with E-state index in [1.807, 2.05) is 26.0 Å². The lowest BCUT2D eigenvalue weighted by atomic mass is 10.1. The van der Waals surface area contributed by atoms with Crippen LogP contribution in [-0.2, 0) is 13.0 Å². The molecule has 0 spiro atoms. The molecule has 1 amide bonds. The first-order chi connectivity index (χ1) is 14.0. The predicted octanol–water partition coefficient (Wildman–Crippen LogP) is 3.91. The number of rotatable bonds is 9. The second-order valence-electron chi connectivity index (χ2n) is 6.78. The molecule has 6 heteroatoms. The van der Waals surface area contributed by atoms with E-state index < -0.39 is 0 Å². The minimum atomic E-state index is -0.212. The van der Waals surface area contributed by atoms with E-state index >= 15 is 0 Å². The maximum atomic E-state index is 12.7. The van der Waals surface area contributed by atoms with Gasteiger partial charge < -0.3 is 24.3 Å². The molecule has 0 bridgehead atoms. The Hall–Kier alpha value is -3.15. The lowest BCUT2D eigenvalue weighted by Crippen LogP contribution is -2.23. The van der Waals surface area contributed by atoms with Gasteiger partial charge in [0.05, 0.1) is 13.7 Å². The third-order valence-corrected chi connectivity index (χ3v) is 4.60. The molecule has 6 nitrogen and oxygen atoms in total. The smallest absolute Gasteiger partial charge is 0.251 e. The third kappa shape index (κ3) is 4.83. The van der Waals surface area contributed by atoms with Gasteiger partial charge >= 0.3 is 0 Å². The van der Waals surface area contributed by atoms with Gasteiger partial charge in [0.25, 0.3) is 5.91 Å². The SMILES string of the molecule is C=CCOc1ccc(C(=O)NCc2cc3c(cc2OCC)CC(C)O3)cc1OC. The largest absolute Gasteiger partial charge is 0.494 e. The van der Waals surface area contributed by atoms with Crippen LogP contribution in [0.4, 0.5) is 0 Å². The van der Waals surface area contributed by atoms with E-state index in [4.69, 9.17) is 18.9 Å². The number of ether oxygens (including phenoxy) is 4. The van der Waals surface area contributed by atoms with Gasteiger partial charge in [-0.2, -0.15) is 0 Å². The molecule has 29 heavy (non-hydrogen) atoms. The number of hydrogen-bond acceptors (Lipinski definition) is 5. The molecular weight excluding hydrogens is 370 g/mol. The van der Waals surface area contributed by atoms with Gasteiger partial charge in [-0.05, 0) is 44.2 Å². The molecule has 3 rings (SSSR count). The van der Waals surface area contributed by atoms with E-state index in [9.17, 15) is 4.79 Å². The van der Waals surface area contributed by atoms with Gasteiger partial charge in [-0.1, -0.05) is 12.7 Å². The Morgan fingerprint density at radius 2 is 2.07 bits per heavy atom. The molecule has 1 heterocycles. The van der Waals surface area contributed by atoms with E-state index in [1.54, 1.807) is 24.3 Å². The molecule has 1 N–H and O–H groups in total. The first kappa shape index (κ1) is 20.6. The summed E-state index contributed by atoms with van der Waals surface area (Å²) in [5, 5.41) is 2.94. The molecule has 0 fully saturated rings. The number of benzene rings is 2. The lowest BCUT2D eigenvalue weighted by Gasteiger charge is -2.14. The molecule has 0 saturated heterocycles. The molecule has 1 unspecified atom stereocenters. The van der Waals surface area contributed by atoms with Crippen molar-refractivity contribution in [3.8, 4) is 23.0 Å². The fourth-order valence-electron chi connectivity index (χ4n) is 3.26. The van der Waals surface area contributed by atoms with Crippen LogP contribution in [0, 0.1) is 0 Å². The summed E-state index contributed by atoms with van der Waals surface area (Å²) in [6.07, 6.45) is 2.66. The van der Waals surface area contributed by atoms with E-state index in [-0.39, 0.29) is 12.0 Å². The zero-order valence-corrected chi connectivity index (χ0v) is 17.1. The summed E-state index contributed by atoms with van der Waals surface area (Å²) in [6.45, 7) is 8.85. The van der Waals surface area contributed by atoms with Crippen LogP contribution in [0.3, 0.4) is 0 Å². The number of nitrogens with one attached hydrogen (secondary N) is 1. The second kappa shape index (κ2) is 9.37. The number of fused-ring (bicyclic) bond motifs is 1. The van der Waals surface area contributed by atoms with Crippen LogP contribution in [0.25, 0.3) is 0 Å². The van der Waals surface area contributed by atoms with Gasteiger partial charge in [-0.3, -0.25) is 4.79 Å². The monoisotopic (exact) mass is 397 g/mol. The van der Waals surface area contributed by atoms with Crippen molar-refractivity contribution in [3.63, 3.8) is 0 Å². The minimum absolute atomic E-state index is 0.151. The van der Waals surface area contributed by atoms with Crippen molar-refractivity contribution >= 4 is 5.91 Å². The summed E-state index contributed by atoms with van der Waals surface area (Å²) in [5.74, 6) is 2.48. The van der Waals surface area contributed by atoms with Crippen molar-refractivity contribution in [1.29, 1.82) is 0 Å². The number of carbonyl (C=O) groups is 1. The van der Waals surface area contributed by atoms with Crippen molar-refractivity contribution < 1.29 is 23.7 Å². The highest BCUT2D eigenvalue weighted by Gasteiger charge is 2.22. The van der Waals surface area contributed by atoms with Crippen LogP contribution in [-0.4, -0.2) is 32.3 Å². The fraction of sp³-hybridized carbons (Fsp3) is 0.348. The number of amides is 1. The Balaban J connectivity index is 1.73.